The van der Waals surface area contributed by atoms with Gasteiger partial charge in [-0.2, -0.15) is 5.10 Å². The van der Waals surface area contributed by atoms with Gasteiger partial charge < -0.3 is 10.4 Å². The van der Waals surface area contributed by atoms with Crippen LogP contribution < -0.4 is 16.4 Å². The highest BCUT2D eigenvalue weighted by Gasteiger charge is 2.11. The Hall–Kier alpha value is -3.17. The van der Waals surface area contributed by atoms with Crippen LogP contribution in [0.2, 0.25) is 0 Å². The molecule has 104 valence electrons. The van der Waals surface area contributed by atoms with E-state index in [4.69, 9.17) is 5.11 Å². The molecule has 0 unspecified atom stereocenters. The molecule has 10 heteroatoms. The van der Waals surface area contributed by atoms with Gasteiger partial charge in [-0.1, -0.05) is 0 Å². The quantitative estimate of drug-likeness (QED) is 0.540. The first-order valence-corrected chi connectivity index (χ1v) is 5.34. The first-order chi connectivity index (χ1) is 9.45. The number of carbonyl (C=O) groups is 2. The lowest BCUT2D eigenvalue weighted by Gasteiger charge is -2.04. The van der Waals surface area contributed by atoms with E-state index in [1.165, 1.54) is 0 Å². The van der Waals surface area contributed by atoms with Crippen LogP contribution in [0, 0.1) is 0 Å². The number of H-pyrrole nitrogens is 2. The molecule has 0 saturated heterocycles. The normalized spacial score (nSPS) is 10.2. The summed E-state index contributed by atoms with van der Waals surface area (Å²) in [5.41, 5.74) is -1.26. The van der Waals surface area contributed by atoms with Crippen molar-refractivity contribution in [1.29, 1.82) is 0 Å². The third kappa shape index (κ3) is 2.98. The summed E-state index contributed by atoms with van der Waals surface area (Å²) < 4.78 is 0.822. The number of nitrogens with one attached hydrogen (secondary N) is 3. The summed E-state index contributed by atoms with van der Waals surface area (Å²) in [5.74, 6) is -1.86. The third-order valence-corrected chi connectivity index (χ3v) is 2.27. The number of hydrogen-bond donors (Lipinski definition) is 4. The maximum Gasteiger partial charge on any atom is 0.353 e. The van der Waals surface area contributed by atoms with Crippen LogP contribution >= 0.6 is 0 Å². The number of carbonyl (C=O) groups excluding carboxylic acids is 1. The molecule has 1 amide bonds. The van der Waals surface area contributed by atoms with Gasteiger partial charge >= 0.3 is 5.97 Å². The van der Waals surface area contributed by atoms with Crippen molar-refractivity contribution in [2.75, 3.05) is 5.32 Å². The predicted octanol–water partition coefficient (Wildman–Crippen LogP) is -1.40. The molecule has 2 rings (SSSR count). The zero-order valence-electron chi connectivity index (χ0n) is 9.91. The van der Waals surface area contributed by atoms with Gasteiger partial charge in [0.2, 0.25) is 5.91 Å². The van der Waals surface area contributed by atoms with Crippen LogP contribution in [0.1, 0.15) is 10.5 Å². The Morgan fingerprint density at radius 1 is 1.35 bits per heavy atom. The minimum atomic E-state index is -1.22. The Bertz CT molecular complexity index is 771. The molecule has 4 N–H and O–H groups in total. The fraction of sp³-hybridized carbons (Fsp3) is 0.100. The first-order valence-electron chi connectivity index (χ1n) is 5.34. The van der Waals surface area contributed by atoms with Gasteiger partial charge in [0.15, 0.2) is 5.82 Å². The van der Waals surface area contributed by atoms with Crippen molar-refractivity contribution in [3.8, 4) is 0 Å². The molecule has 0 radical (unpaired) electrons. The van der Waals surface area contributed by atoms with Crippen molar-refractivity contribution in [1.82, 2.24) is 20.0 Å². The molecule has 0 atom stereocenters. The molecule has 0 aliphatic heterocycles. The molecule has 2 heterocycles. The van der Waals surface area contributed by atoms with E-state index in [2.05, 4.69) is 20.6 Å². The minimum absolute atomic E-state index is 0.00118. The van der Waals surface area contributed by atoms with Crippen LogP contribution in [0.5, 0.6) is 0 Å². The van der Waals surface area contributed by atoms with E-state index in [0.717, 1.165) is 22.9 Å². The number of nitrogens with zero attached hydrogens (tertiary/aromatic N) is 2. The molecular formula is C10H9N5O5. The Labute approximate surface area is 110 Å². The number of carboxylic acid groups (broad SMARTS) is 1. The van der Waals surface area contributed by atoms with Gasteiger partial charge in [0.25, 0.3) is 11.1 Å². The van der Waals surface area contributed by atoms with Crippen molar-refractivity contribution in [3.63, 3.8) is 0 Å². The molecule has 0 aliphatic carbocycles. The van der Waals surface area contributed by atoms with Gasteiger partial charge in [0.1, 0.15) is 12.2 Å². The molecule has 0 aromatic carbocycles. The number of anilines is 1. The second-order valence-corrected chi connectivity index (χ2v) is 3.75. The lowest BCUT2D eigenvalue weighted by Crippen LogP contribution is -2.32. The highest BCUT2D eigenvalue weighted by molar-refractivity contribution is 5.92. The Morgan fingerprint density at radius 3 is 2.75 bits per heavy atom. The molecule has 2 aromatic rings. The Balaban J connectivity index is 2.08. The minimum Gasteiger partial charge on any atom is -0.477 e. The van der Waals surface area contributed by atoms with E-state index in [1.807, 2.05) is 0 Å². The fourth-order valence-electron chi connectivity index (χ4n) is 1.40. The summed E-state index contributed by atoms with van der Waals surface area (Å²) in [5, 5.41) is 18.9. The fourth-order valence-corrected chi connectivity index (χ4v) is 1.40. The van der Waals surface area contributed by atoms with E-state index in [-0.39, 0.29) is 11.5 Å². The van der Waals surface area contributed by atoms with Gasteiger partial charge in [-0.05, 0) is 0 Å². The van der Waals surface area contributed by atoms with Gasteiger partial charge in [-0.3, -0.25) is 24.6 Å². The Kier molecular flexibility index (Phi) is 3.46. The van der Waals surface area contributed by atoms with E-state index in [9.17, 15) is 19.2 Å². The standard InChI is InChI=1S/C10H9N5O5/c16-7-1-2-9(18)15(14-7)4-8(17)11-6-3-5(10(19)20)12-13-6/h1-3H,4H2,(H,14,16)(H,19,20)(H2,11,12,13,17). The van der Waals surface area contributed by atoms with Gasteiger partial charge in [0, 0.05) is 18.2 Å². The van der Waals surface area contributed by atoms with E-state index >= 15 is 0 Å². The molecule has 2 aromatic heterocycles. The number of hydrogen-bond acceptors (Lipinski definition) is 5. The number of amides is 1. The summed E-state index contributed by atoms with van der Waals surface area (Å²) in [6, 6.07) is 3.20. The zero-order valence-corrected chi connectivity index (χ0v) is 9.91. The van der Waals surface area contributed by atoms with Gasteiger partial charge in [-0.25, -0.2) is 9.48 Å². The SMILES string of the molecule is O=C(Cn1[nH]c(=O)ccc1=O)Nc1cc(C(=O)O)[nH]n1. The highest BCUT2D eigenvalue weighted by atomic mass is 16.4. The number of rotatable bonds is 4. The molecule has 0 fully saturated rings. The molecule has 0 aliphatic rings. The number of aromatic amines is 2. The van der Waals surface area contributed by atoms with Crippen molar-refractivity contribution in [2.24, 2.45) is 0 Å². The highest BCUT2D eigenvalue weighted by Crippen LogP contribution is 2.04. The molecule has 0 saturated carbocycles. The first kappa shape index (κ1) is 13.3. The maximum atomic E-state index is 11.6. The topological polar surface area (TPSA) is 150 Å². The molecule has 0 spiro atoms. The Morgan fingerprint density at radius 2 is 2.10 bits per heavy atom. The van der Waals surface area contributed by atoms with Crippen LogP contribution in [0.4, 0.5) is 5.82 Å². The zero-order chi connectivity index (χ0) is 14.7. The predicted molar refractivity (Wildman–Crippen MR) is 65.5 cm³/mol. The van der Waals surface area contributed by atoms with Crippen LogP contribution in [0.15, 0.2) is 27.8 Å². The number of aromatic nitrogens is 4. The van der Waals surface area contributed by atoms with E-state index in [0.29, 0.717) is 0 Å². The second kappa shape index (κ2) is 5.22. The van der Waals surface area contributed by atoms with Crippen LogP contribution in [0.3, 0.4) is 0 Å². The van der Waals surface area contributed by atoms with Crippen molar-refractivity contribution in [2.45, 2.75) is 6.54 Å². The summed E-state index contributed by atoms with van der Waals surface area (Å²) in [4.78, 5) is 44.6. The molecule has 10 nitrogen and oxygen atoms in total. The van der Waals surface area contributed by atoms with Gasteiger partial charge in [-0.15, -0.1) is 0 Å². The summed E-state index contributed by atoms with van der Waals surface area (Å²) in [6.07, 6.45) is 0. The van der Waals surface area contributed by atoms with E-state index in [1.54, 1.807) is 0 Å². The smallest absolute Gasteiger partial charge is 0.353 e. The molecular weight excluding hydrogens is 270 g/mol. The van der Waals surface area contributed by atoms with Crippen LogP contribution in [-0.4, -0.2) is 37.0 Å². The lowest BCUT2D eigenvalue weighted by molar-refractivity contribution is -0.117. The summed E-state index contributed by atoms with van der Waals surface area (Å²) in [7, 11) is 0. The monoisotopic (exact) mass is 279 g/mol. The molecule has 0 bridgehead atoms. The van der Waals surface area contributed by atoms with Gasteiger partial charge in [0.05, 0.1) is 0 Å². The summed E-state index contributed by atoms with van der Waals surface area (Å²) in [6.45, 7) is -0.426. The largest absolute Gasteiger partial charge is 0.477 e. The number of carboxylic acids is 1. The molecule has 20 heavy (non-hydrogen) atoms. The van der Waals surface area contributed by atoms with E-state index < -0.39 is 29.5 Å². The average molecular weight is 279 g/mol. The lowest BCUT2D eigenvalue weighted by atomic mass is 10.4. The second-order valence-electron chi connectivity index (χ2n) is 3.75. The van der Waals surface area contributed by atoms with Crippen molar-refractivity contribution < 1.29 is 14.7 Å². The maximum absolute atomic E-state index is 11.6. The number of aromatic carboxylic acids is 1. The van der Waals surface area contributed by atoms with Crippen molar-refractivity contribution >= 4 is 17.7 Å². The van der Waals surface area contributed by atoms with Crippen LogP contribution in [0.25, 0.3) is 0 Å². The van der Waals surface area contributed by atoms with Crippen LogP contribution in [-0.2, 0) is 11.3 Å². The average Bonchev–Trinajstić information content (AvgIpc) is 2.82. The summed E-state index contributed by atoms with van der Waals surface area (Å²) >= 11 is 0. The van der Waals surface area contributed by atoms with Crippen molar-refractivity contribution in [3.05, 3.63) is 44.6 Å². The third-order valence-electron chi connectivity index (χ3n) is 2.27.